The topological polar surface area (TPSA) is 72.7 Å². The zero-order valence-corrected chi connectivity index (χ0v) is 16.0. The Labute approximate surface area is 155 Å². The molecule has 0 bridgehead atoms. The van der Waals surface area contributed by atoms with E-state index < -0.39 is 5.41 Å². The van der Waals surface area contributed by atoms with Crippen molar-refractivity contribution in [3.05, 3.63) is 57.5 Å². The number of benzene rings is 1. The average molecular weight is 371 g/mol. The van der Waals surface area contributed by atoms with Crippen LogP contribution in [0.5, 0.6) is 5.75 Å². The maximum absolute atomic E-state index is 12.3. The van der Waals surface area contributed by atoms with Crippen molar-refractivity contribution in [1.29, 1.82) is 0 Å². The van der Waals surface area contributed by atoms with Gasteiger partial charge >= 0.3 is 0 Å². The van der Waals surface area contributed by atoms with Gasteiger partial charge in [0.25, 0.3) is 5.56 Å². The molecule has 2 aromatic heterocycles. The van der Waals surface area contributed by atoms with Gasteiger partial charge in [-0.3, -0.25) is 14.0 Å². The van der Waals surface area contributed by atoms with Gasteiger partial charge in [-0.25, -0.2) is 4.98 Å². The smallest absolute Gasteiger partial charge is 0.258 e. The number of nitrogens with zero attached hydrogens (tertiary/aromatic N) is 2. The molecule has 0 aliphatic carbocycles. The Bertz CT molecular complexity index is 1010. The van der Waals surface area contributed by atoms with Gasteiger partial charge in [0.2, 0.25) is 5.91 Å². The average Bonchev–Trinajstić information content (AvgIpc) is 3.02. The van der Waals surface area contributed by atoms with Gasteiger partial charge in [0, 0.05) is 23.1 Å². The Morgan fingerprint density at radius 2 is 2.08 bits per heavy atom. The summed E-state index contributed by atoms with van der Waals surface area (Å²) in [4.78, 5) is 29.4. The molecule has 136 valence electrons. The third-order valence-corrected chi connectivity index (χ3v) is 4.55. The first-order chi connectivity index (χ1) is 12.2. The second-order valence-corrected chi connectivity index (χ2v) is 8.01. The van der Waals surface area contributed by atoms with Gasteiger partial charge < -0.3 is 10.1 Å². The van der Waals surface area contributed by atoms with Crippen LogP contribution < -0.4 is 15.6 Å². The van der Waals surface area contributed by atoms with Crippen LogP contribution in [0.3, 0.4) is 0 Å². The molecule has 0 saturated heterocycles. The van der Waals surface area contributed by atoms with Crippen LogP contribution in [-0.4, -0.2) is 15.3 Å². The molecule has 0 fully saturated rings. The highest BCUT2D eigenvalue weighted by Gasteiger charge is 2.22. The molecule has 0 aliphatic rings. The van der Waals surface area contributed by atoms with Crippen LogP contribution in [0.2, 0.25) is 0 Å². The summed E-state index contributed by atoms with van der Waals surface area (Å²) in [5, 5.41) is 4.73. The predicted octanol–water partition coefficient (Wildman–Crippen LogP) is 3.63. The lowest BCUT2D eigenvalue weighted by Crippen LogP contribution is -2.27. The van der Waals surface area contributed by atoms with Gasteiger partial charge in [-0.05, 0) is 24.6 Å². The largest absolute Gasteiger partial charge is 0.485 e. The molecule has 0 saturated carbocycles. The van der Waals surface area contributed by atoms with Crippen molar-refractivity contribution >= 4 is 27.9 Å². The standard InChI is InChI=1S/C19H21N3O3S/c1-12-5-6-15(14(9-12)21-17(24)19(2,3)4)25-11-13-10-16(23)22-7-8-26-18(22)20-13/h5-10H,11H2,1-4H3,(H,21,24). The SMILES string of the molecule is Cc1ccc(OCc2cc(=O)n3ccsc3n2)c(NC(=O)C(C)(C)C)c1. The van der Waals surface area contributed by atoms with Crippen molar-refractivity contribution in [3.63, 3.8) is 0 Å². The van der Waals surface area contributed by atoms with Crippen LogP contribution in [0.25, 0.3) is 4.96 Å². The molecule has 26 heavy (non-hydrogen) atoms. The Kier molecular flexibility index (Phi) is 4.82. The first-order valence-electron chi connectivity index (χ1n) is 8.25. The highest BCUT2D eigenvalue weighted by Crippen LogP contribution is 2.28. The number of hydrogen-bond donors (Lipinski definition) is 1. The molecule has 1 N–H and O–H groups in total. The van der Waals surface area contributed by atoms with Crippen LogP contribution >= 0.6 is 11.3 Å². The summed E-state index contributed by atoms with van der Waals surface area (Å²) in [6.45, 7) is 7.65. The number of nitrogens with one attached hydrogen (secondary N) is 1. The predicted molar refractivity (Wildman–Crippen MR) is 103 cm³/mol. The van der Waals surface area contributed by atoms with Crippen molar-refractivity contribution in [3.8, 4) is 5.75 Å². The number of amides is 1. The molecular weight excluding hydrogens is 350 g/mol. The van der Waals surface area contributed by atoms with E-state index in [1.54, 1.807) is 6.20 Å². The molecule has 1 aromatic carbocycles. The lowest BCUT2D eigenvalue weighted by molar-refractivity contribution is -0.123. The summed E-state index contributed by atoms with van der Waals surface area (Å²) < 4.78 is 7.35. The summed E-state index contributed by atoms with van der Waals surface area (Å²) in [5.74, 6) is 0.450. The quantitative estimate of drug-likeness (QED) is 0.760. The minimum Gasteiger partial charge on any atom is -0.485 e. The van der Waals surface area contributed by atoms with Crippen molar-refractivity contribution in [1.82, 2.24) is 9.38 Å². The lowest BCUT2D eigenvalue weighted by atomic mass is 9.95. The Balaban J connectivity index is 1.82. The molecule has 0 aliphatic heterocycles. The molecule has 7 heteroatoms. The van der Waals surface area contributed by atoms with Gasteiger partial charge in [0.15, 0.2) is 4.96 Å². The first kappa shape index (κ1) is 18.1. The molecule has 6 nitrogen and oxygen atoms in total. The second kappa shape index (κ2) is 6.92. The maximum atomic E-state index is 12.3. The van der Waals surface area contributed by atoms with Crippen LogP contribution in [-0.2, 0) is 11.4 Å². The number of thiazole rings is 1. The Morgan fingerprint density at radius 3 is 2.81 bits per heavy atom. The zero-order chi connectivity index (χ0) is 18.9. The summed E-state index contributed by atoms with van der Waals surface area (Å²) >= 11 is 1.39. The Morgan fingerprint density at radius 1 is 1.31 bits per heavy atom. The van der Waals surface area contributed by atoms with Crippen molar-refractivity contribution in [2.75, 3.05) is 5.32 Å². The molecule has 3 aromatic rings. The summed E-state index contributed by atoms with van der Waals surface area (Å²) in [7, 11) is 0. The summed E-state index contributed by atoms with van der Waals surface area (Å²) in [6, 6.07) is 7.04. The third-order valence-electron chi connectivity index (χ3n) is 3.80. The van der Waals surface area contributed by atoms with Gasteiger partial charge in [-0.1, -0.05) is 26.8 Å². The van der Waals surface area contributed by atoms with E-state index >= 15 is 0 Å². The lowest BCUT2D eigenvalue weighted by Gasteiger charge is -2.20. The maximum Gasteiger partial charge on any atom is 0.258 e. The van der Waals surface area contributed by atoms with Gasteiger partial charge in [0.05, 0.1) is 11.4 Å². The van der Waals surface area contributed by atoms with E-state index in [9.17, 15) is 9.59 Å². The van der Waals surface area contributed by atoms with Gasteiger partial charge in [-0.15, -0.1) is 11.3 Å². The number of ether oxygens (including phenoxy) is 1. The Hall–Kier alpha value is -2.67. The number of aryl methyl sites for hydroxylation is 1. The second-order valence-electron chi connectivity index (χ2n) is 7.13. The van der Waals surface area contributed by atoms with Crippen LogP contribution in [0.4, 0.5) is 5.69 Å². The number of anilines is 1. The number of aromatic nitrogens is 2. The monoisotopic (exact) mass is 371 g/mol. The molecule has 0 unspecified atom stereocenters. The molecular formula is C19H21N3O3S. The van der Waals surface area contributed by atoms with E-state index in [2.05, 4.69) is 10.3 Å². The third kappa shape index (κ3) is 3.94. The summed E-state index contributed by atoms with van der Waals surface area (Å²) in [6.07, 6.45) is 1.69. The number of carbonyl (C=O) groups excluding carboxylic acids is 1. The fourth-order valence-electron chi connectivity index (χ4n) is 2.29. The fraction of sp³-hybridized carbons (Fsp3) is 0.316. The molecule has 0 spiro atoms. The number of rotatable bonds is 4. The van der Waals surface area contributed by atoms with Crippen LogP contribution in [0, 0.1) is 12.3 Å². The van der Waals surface area contributed by atoms with Gasteiger partial charge in [0.1, 0.15) is 12.4 Å². The van der Waals surface area contributed by atoms with Crippen molar-refractivity contribution in [2.45, 2.75) is 34.3 Å². The molecule has 2 heterocycles. The highest BCUT2D eigenvalue weighted by atomic mass is 32.1. The van der Waals surface area contributed by atoms with Crippen LogP contribution in [0.15, 0.2) is 40.6 Å². The normalized spacial score (nSPS) is 11.5. The molecule has 1 amide bonds. The molecule has 0 radical (unpaired) electrons. The fourth-order valence-corrected chi connectivity index (χ4v) is 3.03. The summed E-state index contributed by atoms with van der Waals surface area (Å²) in [5.41, 5.74) is 1.52. The number of hydrogen-bond acceptors (Lipinski definition) is 5. The van der Waals surface area contributed by atoms with E-state index in [-0.39, 0.29) is 18.1 Å². The number of carbonyl (C=O) groups is 1. The first-order valence-corrected chi connectivity index (χ1v) is 9.13. The van der Waals surface area contributed by atoms with Crippen molar-refractivity contribution < 1.29 is 9.53 Å². The minimum atomic E-state index is -0.512. The molecule has 0 atom stereocenters. The van der Waals surface area contributed by atoms with Crippen molar-refractivity contribution in [2.24, 2.45) is 5.41 Å². The van der Waals surface area contributed by atoms with E-state index in [4.69, 9.17) is 4.74 Å². The van der Waals surface area contributed by atoms with E-state index in [0.717, 1.165) is 5.56 Å². The molecule has 3 rings (SSSR count). The van der Waals surface area contributed by atoms with Gasteiger partial charge in [-0.2, -0.15) is 0 Å². The van der Waals surface area contributed by atoms with E-state index in [1.807, 2.05) is 51.3 Å². The van der Waals surface area contributed by atoms with E-state index in [0.29, 0.717) is 22.1 Å². The minimum absolute atomic E-state index is 0.0932. The van der Waals surface area contributed by atoms with Crippen LogP contribution in [0.1, 0.15) is 32.0 Å². The highest BCUT2D eigenvalue weighted by molar-refractivity contribution is 7.15. The van der Waals surface area contributed by atoms with E-state index in [1.165, 1.54) is 21.8 Å². The number of fused-ring (bicyclic) bond motifs is 1. The zero-order valence-electron chi connectivity index (χ0n) is 15.2.